The molecule has 0 heterocycles. The predicted molar refractivity (Wildman–Crippen MR) is 64.2 cm³/mol. The third kappa shape index (κ3) is 4.06. The summed E-state index contributed by atoms with van der Waals surface area (Å²) in [4.78, 5) is 0. The second-order valence-electron chi connectivity index (χ2n) is 4.39. The van der Waals surface area contributed by atoms with Gasteiger partial charge in [-0.05, 0) is 19.1 Å². The lowest BCUT2D eigenvalue weighted by atomic mass is 10.3. The summed E-state index contributed by atoms with van der Waals surface area (Å²) in [5.41, 5.74) is 0. The Bertz CT molecular complexity index is 279. The first-order chi connectivity index (χ1) is 7.04. The molecule has 1 radical (unpaired) electrons. The molecule has 0 aliphatic rings. The van der Waals surface area contributed by atoms with E-state index in [1.165, 1.54) is 0 Å². The van der Waals surface area contributed by atoms with Crippen molar-refractivity contribution in [2.24, 2.45) is 0 Å². The van der Waals surface area contributed by atoms with Gasteiger partial charge >= 0.3 is 9.28 Å². The van der Waals surface area contributed by atoms with E-state index in [1.807, 2.05) is 37.3 Å². The molecule has 15 heavy (non-hydrogen) atoms. The fourth-order valence-electron chi connectivity index (χ4n) is 1.13. The Morgan fingerprint density at radius 2 is 1.73 bits per heavy atom. The van der Waals surface area contributed by atoms with Gasteiger partial charge in [0, 0.05) is 11.6 Å². The second-order valence-corrected chi connectivity index (χ2v) is 6.95. The molecule has 1 aromatic carbocycles. The van der Waals surface area contributed by atoms with Crippen LogP contribution < -0.4 is 4.43 Å². The molecule has 0 atom stereocenters. The average molecular weight is 223 g/mol. The van der Waals surface area contributed by atoms with E-state index in [1.54, 1.807) is 0 Å². The monoisotopic (exact) mass is 223 g/mol. The summed E-state index contributed by atoms with van der Waals surface area (Å²) in [6, 6.07) is 9.87. The van der Waals surface area contributed by atoms with Crippen molar-refractivity contribution in [3.63, 3.8) is 0 Å². The highest BCUT2D eigenvalue weighted by Gasteiger charge is 2.33. The van der Waals surface area contributed by atoms with E-state index in [-0.39, 0.29) is 5.04 Å². The molecular formula is C12H19O2Si. The minimum Gasteiger partial charge on any atom is -0.518 e. The van der Waals surface area contributed by atoms with Gasteiger partial charge in [0.15, 0.2) is 0 Å². The van der Waals surface area contributed by atoms with E-state index >= 15 is 0 Å². The summed E-state index contributed by atoms with van der Waals surface area (Å²) < 4.78 is 11.6. The molecule has 1 aromatic rings. The number of rotatable bonds is 4. The fraction of sp³-hybridized carbons (Fsp3) is 0.500. The maximum atomic E-state index is 5.90. The summed E-state index contributed by atoms with van der Waals surface area (Å²) in [6.45, 7) is 9.17. The van der Waals surface area contributed by atoms with Crippen LogP contribution in [-0.4, -0.2) is 15.9 Å². The van der Waals surface area contributed by atoms with Crippen LogP contribution in [0.2, 0.25) is 5.04 Å². The predicted octanol–water partition coefficient (Wildman–Crippen LogP) is 3.39. The van der Waals surface area contributed by atoms with Gasteiger partial charge in [0.05, 0.1) is 0 Å². The van der Waals surface area contributed by atoms with Gasteiger partial charge < -0.3 is 8.85 Å². The Kier molecular flexibility index (Phi) is 4.36. The van der Waals surface area contributed by atoms with Crippen LogP contribution in [0.4, 0.5) is 0 Å². The molecule has 0 N–H and O–H groups in total. The molecule has 0 bridgehead atoms. The molecule has 83 valence electrons. The lowest BCUT2D eigenvalue weighted by Gasteiger charge is -2.26. The van der Waals surface area contributed by atoms with Crippen molar-refractivity contribution in [2.45, 2.75) is 32.7 Å². The van der Waals surface area contributed by atoms with E-state index in [0.717, 1.165) is 5.75 Å². The van der Waals surface area contributed by atoms with E-state index in [2.05, 4.69) is 20.8 Å². The number of hydrogen-bond acceptors (Lipinski definition) is 2. The maximum absolute atomic E-state index is 5.90. The molecular weight excluding hydrogens is 204 g/mol. The fourth-order valence-corrected chi connectivity index (χ4v) is 2.54. The van der Waals surface area contributed by atoms with Gasteiger partial charge in [-0.25, -0.2) is 0 Å². The topological polar surface area (TPSA) is 18.5 Å². The van der Waals surface area contributed by atoms with Crippen molar-refractivity contribution in [1.29, 1.82) is 0 Å². The lowest BCUT2D eigenvalue weighted by molar-refractivity contribution is 0.258. The largest absolute Gasteiger partial charge is 0.518 e. The maximum Gasteiger partial charge on any atom is 0.463 e. The first-order valence-corrected chi connectivity index (χ1v) is 6.59. The summed E-state index contributed by atoms with van der Waals surface area (Å²) in [5.74, 6) is 0.898. The zero-order valence-electron chi connectivity index (χ0n) is 9.91. The quantitative estimate of drug-likeness (QED) is 0.728. The van der Waals surface area contributed by atoms with E-state index in [0.29, 0.717) is 6.61 Å². The molecule has 3 heteroatoms. The summed E-state index contributed by atoms with van der Waals surface area (Å²) in [6.07, 6.45) is 0. The third-order valence-corrected chi connectivity index (χ3v) is 4.04. The molecule has 0 aliphatic heterocycles. The highest BCUT2D eigenvalue weighted by molar-refractivity contribution is 6.49. The first kappa shape index (κ1) is 12.3. The van der Waals surface area contributed by atoms with Crippen LogP contribution in [0.1, 0.15) is 27.7 Å². The molecule has 0 spiro atoms. The molecule has 0 saturated heterocycles. The van der Waals surface area contributed by atoms with Crippen LogP contribution >= 0.6 is 0 Å². The molecule has 0 fully saturated rings. The van der Waals surface area contributed by atoms with Crippen LogP contribution in [0, 0.1) is 0 Å². The van der Waals surface area contributed by atoms with Crippen LogP contribution in [-0.2, 0) is 4.43 Å². The number of hydrogen-bond donors (Lipinski definition) is 0. The minimum atomic E-state index is -1.26. The van der Waals surface area contributed by atoms with Crippen molar-refractivity contribution >= 4 is 9.28 Å². The average Bonchev–Trinajstić information content (AvgIpc) is 2.17. The van der Waals surface area contributed by atoms with E-state index in [4.69, 9.17) is 8.85 Å². The van der Waals surface area contributed by atoms with E-state index < -0.39 is 9.28 Å². The van der Waals surface area contributed by atoms with Crippen molar-refractivity contribution in [3.05, 3.63) is 30.3 Å². The summed E-state index contributed by atoms with van der Waals surface area (Å²) >= 11 is 0. The molecule has 0 amide bonds. The van der Waals surface area contributed by atoms with Crippen molar-refractivity contribution in [2.75, 3.05) is 6.61 Å². The van der Waals surface area contributed by atoms with Gasteiger partial charge in [0.1, 0.15) is 5.75 Å². The molecule has 0 aliphatic carbocycles. The Hall–Kier alpha value is -0.803. The Morgan fingerprint density at radius 1 is 1.13 bits per heavy atom. The van der Waals surface area contributed by atoms with Gasteiger partial charge in [0.25, 0.3) is 0 Å². The molecule has 0 unspecified atom stereocenters. The molecule has 0 saturated carbocycles. The van der Waals surface area contributed by atoms with Crippen LogP contribution in [0.15, 0.2) is 30.3 Å². The van der Waals surface area contributed by atoms with Gasteiger partial charge in [-0.3, -0.25) is 0 Å². The van der Waals surface area contributed by atoms with Gasteiger partial charge in [0.2, 0.25) is 0 Å². The summed E-state index contributed by atoms with van der Waals surface area (Å²) in [7, 11) is -1.26. The number of benzene rings is 1. The van der Waals surface area contributed by atoms with Gasteiger partial charge in [-0.1, -0.05) is 39.0 Å². The van der Waals surface area contributed by atoms with Crippen molar-refractivity contribution in [3.8, 4) is 5.75 Å². The first-order valence-electron chi connectivity index (χ1n) is 5.27. The smallest absolute Gasteiger partial charge is 0.463 e. The van der Waals surface area contributed by atoms with E-state index in [9.17, 15) is 0 Å². The lowest BCUT2D eigenvalue weighted by Crippen LogP contribution is -2.36. The van der Waals surface area contributed by atoms with Gasteiger partial charge in [-0.2, -0.15) is 0 Å². The molecule has 1 rings (SSSR count). The van der Waals surface area contributed by atoms with Crippen molar-refractivity contribution < 1.29 is 8.85 Å². The van der Waals surface area contributed by atoms with Crippen LogP contribution in [0.5, 0.6) is 5.75 Å². The van der Waals surface area contributed by atoms with Crippen LogP contribution in [0.3, 0.4) is 0 Å². The highest BCUT2D eigenvalue weighted by atomic mass is 28.3. The zero-order valence-corrected chi connectivity index (χ0v) is 10.9. The standard InChI is InChI=1S/C12H19O2Si/c1-5-13-15(12(2,3)4)14-11-9-7-6-8-10-11/h6-10H,5H2,1-4H3. The second kappa shape index (κ2) is 5.33. The number of para-hydroxylation sites is 1. The Balaban J connectivity index is 2.67. The molecule has 2 nitrogen and oxygen atoms in total. The van der Waals surface area contributed by atoms with Gasteiger partial charge in [-0.15, -0.1) is 0 Å². The Labute approximate surface area is 94.1 Å². The summed E-state index contributed by atoms with van der Waals surface area (Å²) in [5, 5.41) is 0.0799. The highest BCUT2D eigenvalue weighted by Crippen LogP contribution is 2.29. The minimum absolute atomic E-state index is 0.0799. The van der Waals surface area contributed by atoms with Crippen molar-refractivity contribution in [1.82, 2.24) is 0 Å². The third-order valence-electron chi connectivity index (χ3n) is 1.84. The zero-order chi connectivity index (χ0) is 11.3. The SMILES string of the molecule is CCO[Si](Oc1ccccc1)C(C)(C)C. The molecule has 0 aromatic heterocycles. The van der Waals surface area contributed by atoms with Crippen LogP contribution in [0.25, 0.3) is 0 Å². The normalized spacial score (nSPS) is 11.8. The Morgan fingerprint density at radius 3 is 2.20 bits per heavy atom.